The molecule has 2 rings (SSSR count). The van der Waals surface area contributed by atoms with Crippen LogP contribution < -0.4 is 16.0 Å². The van der Waals surface area contributed by atoms with Gasteiger partial charge in [-0.3, -0.25) is 0 Å². The zero-order chi connectivity index (χ0) is 14.5. The van der Waals surface area contributed by atoms with Gasteiger partial charge in [0.1, 0.15) is 11.6 Å². The van der Waals surface area contributed by atoms with Gasteiger partial charge in [-0.25, -0.2) is 0 Å². The topological polar surface area (TPSA) is 70.3 Å². The van der Waals surface area contributed by atoms with E-state index in [4.69, 9.17) is 5.73 Å². The molecule has 1 aliphatic heterocycles. The molecule has 6 nitrogen and oxygen atoms in total. The van der Waals surface area contributed by atoms with E-state index in [2.05, 4.69) is 46.0 Å². The summed E-state index contributed by atoms with van der Waals surface area (Å²) in [5.41, 5.74) is 5.84. The van der Waals surface area contributed by atoms with E-state index >= 15 is 0 Å². The molecule has 0 saturated carbocycles. The van der Waals surface area contributed by atoms with E-state index in [9.17, 15) is 0 Å². The Kier molecular flexibility index (Phi) is 5.00. The third kappa shape index (κ3) is 4.23. The second-order valence-electron chi connectivity index (χ2n) is 5.89. The van der Waals surface area contributed by atoms with Crippen molar-refractivity contribution in [3.05, 3.63) is 6.07 Å². The van der Waals surface area contributed by atoms with Crippen LogP contribution in [0, 0.1) is 5.92 Å². The van der Waals surface area contributed by atoms with Gasteiger partial charge in [0, 0.05) is 32.2 Å². The Morgan fingerprint density at radius 1 is 1.25 bits per heavy atom. The van der Waals surface area contributed by atoms with Crippen molar-refractivity contribution in [1.29, 1.82) is 0 Å². The molecule has 1 aromatic rings. The van der Waals surface area contributed by atoms with E-state index in [1.807, 2.05) is 6.07 Å². The highest BCUT2D eigenvalue weighted by atomic mass is 15.3. The molecule has 1 saturated heterocycles. The standard InChI is InChI=1S/C14H26N6/c1-11(2)10-16-12-9-13(18-14(15)17-12)20-6-4-5-19(3)7-8-20/h9,11H,4-8,10H2,1-3H3,(H3,15,16,17,18). The average Bonchev–Trinajstić information content (AvgIpc) is 2.60. The van der Waals surface area contributed by atoms with Crippen molar-refractivity contribution in [2.24, 2.45) is 5.92 Å². The molecule has 2 heterocycles. The summed E-state index contributed by atoms with van der Waals surface area (Å²) in [6.45, 7) is 9.42. The van der Waals surface area contributed by atoms with E-state index in [1.165, 1.54) is 0 Å². The molecular formula is C14H26N6. The highest BCUT2D eigenvalue weighted by molar-refractivity contribution is 5.52. The first-order valence-electron chi connectivity index (χ1n) is 7.36. The fourth-order valence-electron chi connectivity index (χ4n) is 2.29. The normalized spacial score (nSPS) is 17.3. The van der Waals surface area contributed by atoms with Gasteiger partial charge in [0.2, 0.25) is 5.95 Å². The van der Waals surface area contributed by atoms with Gasteiger partial charge >= 0.3 is 0 Å². The molecule has 1 aromatic heterocycles. The van der Waals surface area contributed by atoms with Gasteiger partial charge in [-0.2, -0.15) is 9.97 Å². The zero-order valence-corrected chi connectivity index (χ0v) is 12.8. The molecular weight excluding hydrogens is 252 g/mol. The summed E-state index contributed by atoms with van der Waals surface area (Å²) in [6.07, 6.45) is 1.15. The highest BCUT2D eigenvalue weighted by Gasteiger charge is 2.15. The van der Waals surface area contributed by atoms with Crippen molar-refractivity contribution < 1.29 is 0 Å². The van der Waals surface area contributed by atoms with Crippen molar-refractivity contribution in [2.45, 2.75) is 20.3 Å². The maximum Gasteiger partial charge on any atom is 0.223 e. The fourth-order valence-corrected chi connectivity index (χ4v) is 2.29. The van der Waals surface area contributed by atoms with Crippen LogP contribution in [-0.4, -0.2) is 54.6 Å². The number of hydrogen-bond acceptors (Lipinski definition) is 6. The number of nitrogen functional groups attached to an aromatic ring is 1. The second kappa shape index (κ2) is 6.74. The molecule has 0 bridgehead atoms. The lowest BCUT2D eigenvalue weighted by Crippen LogP contribution is -2.29. The molecule has 0 aliphatic carbocycles. The van der Waals surface area contributed by atoms with Crippen LogP contribution in [0.25, 0.3) is 0 Å². The number of nitrogens with zero attached hydrogens (tertiary/aromatic N) is 4. The number of rotatable bonds is 4. The number of likely N-dealkylation sites (N-methyl/N-ethyl adjacent to an activating group) is 1. The second-order valence-corrected chi connectivity index (χ2v) is 5.89. The monoisotopic (exact) mass is 278 g/mol. The molecule has 1 fully saturated rings. The van der Waals surface area contributed by atoms with Gasteiger partial charge in [0.15, 0.2) is 0 Å². The molecule has 1 aliphatic rings. The van der Waals surface area contributed by atoms with Crippen LogP contribution in [0.3, 0.4) is 0 Å². The van der Waals surface area contributed by atoms with Crippen molar-refractivity contribution in [1.82, 2.24) is 14.9 Å². The highest BCUT2D eigenvalue weighted by Crippen LogP contribution is 2.18. The minimum Gasteiger partial charge on any atom is -0.370 e. The SMILES string of the molecule is CC(C)CNc1cc(N2CCCN(C)CC2)nc(N)n1. The molecule has 0 amide bonds. The lowest BCUT2D eigenvalue weighted by atomic mass is 10.2. The third-order valence-corrected chi connectivity index (χ3v) is 3.46. The molecule has 0 unspecified atom stereocenters. The quantitative estimate of drug-likeness (QED) is 0.864. The van der Waals surface area contributed by atoms with E-state index in [0.29, 0.717) is 11.9 Å². The van der Waals surface area contributed by atoms with Crippen molar-refractivity contribution in [2.75, 3.05) is 55.7 Å². The van der Waals surface area contributed by atoms with Crippen LogP contribution in [0.2, 0.25) is 0 Å². The summed E-state index contributed by atoms with van der Waals surface area (Å²) in [5.74, 6) is 2.66. The smallest absolute Gasteiger partial charge is 0.223 e. The number of nitrogens with one attached hydrogen (secondary N) is 1. The van der Waals surface area contributed by atoms with Gasteiger partial charge in [0.05, 0.1) is 0 Å². The minimum absolute atomic E-state index is 0.339. The van der Waals surface area contributed by atoms with Crippen molar-refractivity contribution in [3.8, 4) is 0 Å². The molecule has 0 atom stereocenters. The number of aromatic nitrogens is 2. The average molecular weight is 278 g/mol. The molecule has 20 heavy (non-hydrogen) atoms. The Balaban J connectivity index is 2.10. The Bertz CT molecular complexity index is 434. The predicted octanol–water partition coefficient (Wildman–Crippen LogP) is 1.27. The minimum atomic E-state index is 0.339. The Labute approximate surface area is 121 Å². The summed E-state index contributed by atoms with van der Waals surface area (Å²) in [5, 5.41) is 3.32. The Hall–Kier alpha value is -1.56. The molecule has 6 heteroatoms. The largest absolute Gasteiger partial charge is 0.370 e. The summed E-state index contributed by atoms with van der Waals surface area (Å²) in [6, 6.07) is 2.00. The van der Waals surface area contributed by atoms with Crippen LogP contribution in [0.4, 0.5) is 17.6 Å². The molecule has 0 spiro atoms. The van der Waals surface area contributed by atoms with Crippen molar-refractivity contribution >= 4 is 17.6 Å². The first kappa shape index (κ1) is 14.8. The van der Waals surface area contributed by atoms with Crippen LogP contribution in [0.15, 0.2) is 6.07 Å². The van der Waals surface area contributed by atoms with E-state index < -0.39 is 0 Å². The Morgan fingerprint density at radius 2 is 2.05 bits per heavy atom. The third-order valence-electron chi connectivity index (χ3n) is 3.46. The summed E-state index contributed by atoms with van der Waals surface area (Å²) >= 11 is 0. The lowest BCUT2D eigenvalue weighted by Gasteiger charge is -2.22. The summed E-state index contributed by atoms with van der Waals surface area (Å²) in [7, 11) is 2.16. The van der Waals surface area contributed by atoms with Gasteiger partial charge in [0.25, 0.3) is 0 Å². The number of anilines is 3. The first-order valence-corrected chi connectivity index (χ1v) is 7.36. The van der Waals surface area contributed by atoms with E-state index in [0.717, 1.165) is 50.8 Å². The molecule has 3 N–H and O–H groups in total. The van der Waals surface area contributed by atoms with E-state index in [1.54, 1.807) is 0 Å². The predicted molar refractivity (Wildman–Crippen MR) is 84.1 cm³/mol. The zero-order valence-electron chi connectivity index (χ0n) is 12.8. The van der Waals surface area contributed by atoms with Gasteiger partial charge in [-0.1, -0.05) is 13.8 Å². The van der Waals surface area contributed by atoms with E-state index in [-0.39, 0.29) is 0 Å². The van der Waals surface area contributed by atoms with Crippen LogP contribution in [-0.2, 0) is 0 Å². The van der Waals surface area contributed by atoms with Gasteiger partial charge in [-0.05, 0) is 25.9 Å². The van der Waals surface area contributed by atoms with Crippen LogP contribution in [0.1, 0.15) is 20.3 Å². The molecule has 0 radical (unpaired) electrons. The van der Waals surface area contributed by atoms with Gasteiger partial charge in [-0.15, -0.1) is 0 Å². The lowest BCUT2D eigenvalue weighted by molar-refractivity contribution is 0.360. The maximum atomic E-state index is 5.84. The number of hydrogen-bond donors (Lipinski definition) is 2. The summed E-state index contributed by atoms with van der Waals surface area (Å²) in [4.78, 5) is 13.3. The fraction of sp³-hybridized carbons (Fsp3) is 0.714. The maximum absolute atomic E-state index is 5.84. The first-order chi connectivity index (χ1) is 9.54. The van der Waals surface area contributed by atoms with Crippen LogP contribution >= 0.6 is 0 Å². The number of nitrogens with two attached hydrogens (primary N) is 1. The molecule has 112 valence electrons. The molecule has 0 aromatic carbocycles. The van der Waals surface area contributed by atoms with Crippen molar-refractivity contribution in [3.63, 3.8) is 0 Å². The Morgan fingerprint density at radius 3 is 2.80 bits per heavy atom. The summed E-state index contributed by atoms with van der Waals surface area (Å²) < 4.78 is 0. The van der Waals surface area contributed by atoms with Gasteiger partial charge < -0.3 is 20.9 Å². The van der Waals surface area contributed by atoms with Crippen LogP contribution in [0.5, 0.6) is 0 Å².